The highest BCUT2D eigenvalue weighted by Gasteiger charge is 2.20. The number of benzene rings is 1. The number of hydrogen-bond donors (Lipinski definition) is 1. The molecule has 11 heteroatoms. The molecule has 1 atom stereocenters. The third-order valence-corrected chi connectivity index (χ3v) is 7.22. The maximum absolute atomic E-state index is 14.8. The van der Waals surface area contributed by atoms with Gasteiger partial charge in [0.15, 0.2) is 5.82 Å². The lowest BCUT2D eigenvalue weighted by molar-refractivity contribution is 0.320. The fourth-order valence-electron chi connectivity index (χ4n) is 3.94. The Kier molecular flexibility index (Phi) is 6.66. The normalized spacial score (nSPS) is 12.4. The van der Waals surface area contributed by atoms with Gasteiger partial charge in [0.1, 0.15) is 5.69 Å². The van der Waals surface area contributed by atoms with E-state index in [1.807, 2.05) is 50.2 Å². The van der Waals surface area contributed by atoms with Crippen molar-refractivity contribution in [1.29, 1.82) is 0 Å². The van der Waals surface area contributed by atoms with E-state index in [2.05, 4.69) is 30.6 Å². The highest BCUT2D eigenvalue weighted by molar-refractivity contribution is 7.22. The molecule has 5 aromatic rings. The molecule has 184 valence electrons. The third kappa shape index (κ3) is 4.79. The highest BCUT2D eigenvalue weighted by Crippen LogP contribution is 2.41. The fraction of sp³-hybridized carbons (Fsp3) is 0.240. The van der Waals surface area contributed by atoms with Crippen LogP contribution < -0.4 is 5.32 Å². The summed E-state index contributed by atoms with van der Waals surface area (Å²) in [5.41, 5.74) is 2.76. The molecular formula is C25H24F2N8S. The first-order chi connectivity index (χ1) is 17.4. The van der Waals surface area contributed by atoms with E-state index in [1.165, 1.54) is 23.6 Å². The molecule has 5 rings (SSSR count). The third-order valence-electron chi connectivity index (χ3n) is 6.03. The van der Waals surface area contributed by atoms with Gasteiger partial charge in [0.25, 0.3) is 0 Å². The molecule has 0 spiro atoms. The van der Waals surface area contributed by atoms with Crippen LogP contribution in [0.4, 0.5) is 14.7 Å². The standard InChI is InChI=1S/C25H24F2N8S/c1-15(34(2)3)19-13-29-22(27)12-18(19)17-6-4-5-16-11-21(36-24(16)17)23-20(26)14-30-25(32-23)28-7-9-35-10-8-31-33-35/h4-6,8,10-15H,7,9H2,1-3H3,(H,28,30,32). The predicted molar refractivity (Wildman–Crippen MR) is 137 cm³/mol. The summed E-state index contributed by atoms with van der Waals surface area (Å²) in [5, 5.41) is 11.7. The molecule has 0 bridgehead atoms. The number of halogens is 2. The topological polar surface area (TPSA) is 84.7 Å². The molecule has 1 aromatic carbocycles. The summed E-state index contributed by atoms with van der Waals surface area (Å²) in [6, 6.07) is 9.23. The van der Waals surface area contributed by atoms with Gasteiger partial charge in [-0.25, -0.2) is 19.3 Å². The molecule has 4 heterocycles. The number of thiophene rings is 1. The molecule has 0 aliphatic carbocycles. The number of hydrogen-bond acceptors (Lipinski definition) is 8. The van der Waals surface area contributed by atoms with Crippen molar-refractivity contribution in [2.75, 3.05) is 26.0 Å². The first-order valence-corrected chi connectivity index (χ1v) is 12.2. The lowest BCUT2D eigenvalue weighted by atomic mass is 9.96. The SMILES string of the molecule is CC(c1cnc(F)cc1-c1cccc2cc(-c3nc(NCCn4ccnn4)ncc3F)sc12)N(C)C. The van der Waals surface area contributed by atoms with Crippen LogP contribution in [0.15, 0.2) is 55.1 Å². The number of pyridine rings is 1. The number of nitrogens with zero attached hydrogens (tertiary/aromatic N) is 7. The van der Waals surface area contributed by atoms with Crippen LogP contribution in [0.3, 0.4) is 0 Å². The Morgan fingerprint density at radius 3 is 2.75 bits per heavy atom. The monoisotopic (exact) mass is 506 g/mol. The minimum Gasteiger partial charge on any atom is -0.352 e. The van der Waals surface area contributed by atoms with E-state index in [-0.39, 0.29) is 11.7 Å². The maximum Gasteiger partial charge on any atom is 0.223 e. The van der Waals surface area contributed by atoms with Crippen LogP contribution in [-0.4, -0.2) is 55.5 Å². The van der Waals surface area contributed by atoms with Crippen molar-refractivity contribution >= 4 is 27.4 Å². The Bertz CT molecular complexity index is 1500. The zero-order chi connectivity index (χ0) is 25.2. The number of rotatable bonds is 8. The summed E-state index contributed by atoms with van der Waals surface area (Å²) in [4.78, 5) is 15.1. The van der Waals surface area contributed by atoms with E-state index in [0.29, 0.717) is 23.9 Å². The average Bonchev–Trinajstić information content (AvgIpc) is 3.54. The van der Waals surface area contributed by atoms with Gasteiger partial charge in [-0.15, -0.1) is 16.4 Å². The smallest absolute Gasteiger partial charge is 0.223 e. The molecular weight excluding hydrogens is 482 g/mol. The Morgan fingerprint density at radius 2 is 1.97 bits per heavy atom. The first kappa shape index (κ1) is 23.9. The summed E-state index contributed by atoms with van der Waals surface area (Å²) in [5.74, 6) is -0.735. The van der Waals surface area contributed by atoms with E-state index in [0.717, 1.165) is 26.8 Å². The van der Waals surface area contributed by atoms with E-state index in [4.69, 9.17) is 0 Å². The molecule has 0 aliphatic heterocycles. The summed E-state index contributed by atoms with van der Waals surface area (Å²) in [6.45, 7) is 3.12. The number of fused-ring (bicyclic) bond motifs is 1. The van der Waals surface area contributed by atoms with Gasteiger partial charge < -0.3 is 10.2 Å². The minimum atomic E-state index is -0.544. The summed E-state index contributed by atoms with van der Waals surface area (Å²) >= 11 is 1.41. The van der Waals surface area contributed by atoms with E-state index in [9.17, 15) is 8.78 Å². The van der Waals surface area contributed by atoms with Gasteiger partial charge in [0, 0.05) is 41.3 Å². The van der Waals surface area contributed by atoms with Crippen molar-refractivity contribution in [3.63, 3.8) is 0 Å². The van der Waals surface area contributed by atoms with Crippen molar-refractivity contribution in [3.05, 3.63) is 72.4 Å². The largest absolute Gasteiger partial charge is 0.352 e. The second-order valence-corrected chi connectivity index (χ2v) is 9.60. The zero-order valence-corrected chi connectivity index (χ0v) is 20.8. The van der Waals surface area contributed by atoms with Crippen LogP contribution in [0.5, 0.6) is 0 Å². The van der Waals surface area contributed by atoms with Gasteiger partial charge in [0.05, 0.1) is 23.8 Å². The van der Waals surface area contributed by atoms with E-state index >= 15 is 0 Å². The molecule has 8 nitrogen and oxygen atoms in total. The van der Waals surface area contributed by atoms with Gasteiger partial charge in [-0.3, -0.25) is 4.68 Å². The van der Waals surface area contributed by atoms with Crippen molar-refractivity contribution in [3.8, 4) is 21.7 Å². The second kappa shape index (κ2) is 10.0. The second-order valence-electron chi connectivity index (χ2n) is 8.55. The molecule has 0 amide bonds. The zero-order valence-electron chi connectivity index (χ0n) is 20.0. The quantitative estimate of drug-likeness (QED) is 0.296. The van der Waals surface area contributed by atoms with E-state index < -0.39 is 11.8 Å². The molecule has 0 saturated carbocycles. The molecule has 0 aliphatic rings. The van der Waals surface area contributed by atoms with Crippen molar-refractivity contribution in [2.24, 2.45) is 0 Å². The molecule has 0 fully saturated rings. The molecule has 4 aromatic heterocycles. The van der Waals surface area contributed by atoms with Crippen LogP contribution in [0.2, 0.25) is 0 Å². The van der Waals surface area contributed by atoms with Crippen LogP contribution in [0.1, 0.15) is 18.5 Å². The van der Waals surface area contributed by atoms with Crippen LogP contribution >= 0.6 is 11.3 Å². The van der Waals surface area contributed by atoms with Gasteiger partial charge in [-0.1, -0.05) is 23.4 Å². The average molecular weight is 507 g/mol. The maximum atomic E-state index is 14.8. The molecule has 36 heavy (non-hydrogen) atoms. The minimum absolute atomic E-state index is 0.0215. The molecule has 0 radical (unpaired) electrons. The Balaban J connectivity index is 1.51. The summed E-state index contributed by atoms with van der Waals surface area (Å²) in [7, 11) is 3.94. The number of anilines is 1. The van der Waals surface area contributed by atoms with Crippen LogP contribution in [0.25, 0.3) is 31.8 Å². The van der Waals surface area contributed by atoms with Crippen LogP contribution in [0, 0.1) is 11.8 Å². The molecule has 1 unspecified atom stereocenters. The van der Waals surface area contributed by atoms with Gasteiger partial charge in [0.2, 0.25) is 11.9 Å². The lowest BCUT2D eigenvalue weighted by Gasteiger charge is -2.23. The van der Waals surface area contributed by atoms with Gasteiger partial charge in [-0.05, 0) is 43.6 Å². The van der Waals surface area contributed by atoms with E-state index in [1.54, 1.807) is 23.3 Å². The van der Waals surface area contributed by atoms with Crippen LogP contribution in [-0.2, 0) is 6.54 Å². The number of nitrogens with one attached hydrogen (secondary N) is 1. The fourth-order valence-corrected chi connectivity index (χ4v) is 5.11. The molecule has 1 N–H and O–H groups in total. The summed E-state index contributed by atoms with van der Waals surface area (Å²) in [6.07, 6.45) is 6.12. The Hall–Kier alpha value is -3.83. The van der Waals surface area contributed by atoms with Crippen molar-refractivity contribution in [1.82, 2.24) is 34.8 Å². The van der Waals surface area contributed by atoms with Crippen molar-refractivity contribution in [2.45, 2.75) is 19.5 Å². The predicted octanol–water partition coefficient (Wildman–Crippen LogP) is 5.02. The highest BCUT2D eigenvalue weighted by atomic mass is 32.1. The van der Waals surface area contributed by atoms with Gasteiger partial charge >= 0.3 is 0 Å². The Morgan fingerprint density at radius 1 is 1.11 bits per heavy atom. The summed E-state index contributed by atoms with van der Waals surface area (Å²) < 4.78 is 31.7. The lowest BCUT2D eigenvalue weighted by Crippen LogP contribution is -2.18. The van der Waals surface area contributed by atoms with Crippen molar-refractivity contribution < 1.29 is 8.78 Å². The molecule has 0 saturated heterocycles. The number of aromatic nitrogens is 6. The Labute approximate surface area is 210 Å². The van der Waals surface area contributed by atoms with Gasteiger partial charge in [-0.2, -0.15) is 4.39 Å². The first-order valence-electron chi connectivity index (χ1n) is 11.4.